The highest BCUT2D eigenvalue weighted by Crippen LogP contribution is 2.18. The standard InChI is InChI=1S/C12H12N2O5.C9H11NO3.5CH5N.CH4/c1-18-8-2-4-9(5-3-8)19-12(17)13-14-10(15)6-7-11(14)16;1-10-9(11)13-8-5-3-7(12-2)4-6-8;5*1-2;/h2-5H,6-7H2,1H3,(H,13,17);3-6H,1-2H3,(H,10,11);5*2H2,1H3;1H4. The molecule has 0 aromatic heterocycles. The average molecular weight is 617 g/mol. The van der Waals surface area contributed by atoms with Gasteiger partial charge in [0.25, 0.3) is 0 Å². The molecule has 0 atom stereocenters. The number of hydrogen-bond donors (Lipinski definition) is 7. The lowest BCUT2D eigenvalue weighted by molar-refractivity contribution is -0.141. The molecule has 0 bridgehead atoms. The van der Waals surface area contributed by atoms with E-state index in [1.807, 2.05) is 0 Å². The number of imide groups is 1. The van der Waals surface area contributed by atoms with Crippen molar-refractivity contribution in [1.82, 2.24) is 15.8 Å². The van der Waals surface area contributed by atoms with E-state index in [1.54, 1.807) is 43.5 Å². The van der Waals surface area contributed by atoms with Gasteiger partial charge in [-0.15, -0.1) is 0 Å². The summed E-state index contributed by atoms with van der Waals surface area (Å²) in [5, 5.41) is 3.02. The second-order valence-electron chi connectivity index (χ2n) is 6.11. The summed E-state index contributed by atoms with van der Waals surface area (Å²) in [6.07, 6.45) is -1.18. The summed E-state index contributed by atoms with van der Waals surface area (Å²) >= 11 is 0. The molecule has 3 rings (SSSR count). The molecule has 4 amide bonds. The molecule has 16 nitrogen and oxygen atoms in total. The number of rotatable bonds is 5. The first-order chi connectivity index (χ1) is 20.4. The summed E-state index contributed by atoms with van der Waals surface area (Å²) in [5.41, 5.74) is 24.6. The summed E-state index contributed by atoms with van der Waals surface area (Å²) in [5.74, 6) is 1.22. The van der Waals surface area contributed by atoms with Crippen LogP contribution in [0, 0.1) is 0 Å². The Morgan fingerprint density at radius 3 is 1.16 bits per heavy atom. The van der Waals surface area contributed by atoms with Crippen LogP contribution in [0.25, 0.3) is 0 Å². The van der Waals surface area contributed by atoms with Crippen molar-refractivity contribution >= 4 is 24.0 Å². The number of nitrogens with one attached hydrogen (secondary N) is 2. The van der Waals surface area contributed by atoms with Gasteiger partial charge in [0.05, 0.1) is 14.2 Å². The summed E-state index contributed by atoms with van der Waals surface area (Å²) in [4.78, 5) is 44.8. The van der Waals surface area contributed by atoms with E-state index in [-0.39, 0.29) is 26.0 Å². The van der Waals surface area contributed by atoms with Crippen molar-refractivity contribution in [2.24, 2.45) is 28.7 Å². The fourth-order valence-electron chi connectivity index (χ4n) is 2.37. The third-order valence-corrected chi connectivity index (χ3v) is 4.00. The molecular weight excluding hydrogens is 564 g/mol. The SMILES string of the molecule is C.CN.CN.CN.CN.CN.CNC(=O)Oc1ccc(OC)cc1.COc1ccc(OC(=O)NN2C(=O)CCC2=O)cc1. The van der Waals surface area contributed by atoms with Gasteiger partial charge in [0.1, 0.15) is 23.0 Å². The molecule has 43 heavy (non-hydrogen) atoms. The quantitative estimate of drug-likeness (QED) is 0.229. The summed E-state index contributed by atoms with van der Waals surface area (Å²) in [6.45, 7) is 0. The van der Waals surface area contributed by atoms with E-state index in [2.05, 4.69) is 39.4 Å². The maximum absolute atomic E-state index is 11.5. The molecule has 1 fully saturated rings. The van der Waals surface area contributed by atoms with Crippen LogP contribution in [0.5, 0.6) is 23.0 Å². The number of benzene rings is 2. The molecule has 0 saturated carbocycles. The van der Waals surface area contributed by atoms with Crippen LogP contribution >= 0.6 is 0 Å². The number of amides is 4. The first kappa shape index (κ1) is 48.3. The first-order valence-electron chi connectivity index (χ1n) is 12.3. The van der Waals surface area contributed by atoms with Crippen LogP contribution in [0.1, 0.15) is 20.3 Å². The lowest BCUT2D eigenvalue weighted by Crippen LogP contribution is -2.46. The van der Waals surface area contributed by atoms with Gasteiger partial charge in [0.2, 0.25) is 11.8 Å². The summed E-state index contributed by atoms with van der Waals surface area (Å²) < 4.78 is 19.7. The van der Waals surface area contributed by atoms with Crippen LogP contribution in [0.3, 0.4) is 0 Å². The van der Waals surface area contributed by atoms with Gasteiger partial charge in [-0.3, -0.25) is 9.59 Å². The largest absolute Gasteiger partial charge is 0.497 e. The first-order valence-corrected chi connectivity index (χ1v) is 12.3. The van der Waals surface area contributed by atoms with E-state index in [0.717, 1.165) is 5.75 Å². The molecule has 1 heterocycles. The van der Waals surface area contributed by atoms with Crippen molar-refractivity contribution < 1.29 is 38.1 Å². The van der Waals surface area contributed by atoms with Crippen molar-refractivity contribution in [1.29, 1.82) is 0 Å². The van der Waals surface area contributed by atoms with Crippen LogP contribution in [-0.4, -0.2) is 85.5 Å². The van der Waals surface area contributed by atoms with Gasteiger partial charge >= 0.3 is 12.2 Å². The fourth-order valence-corrected chi connectivity index (χ4v) is 2.37. The number of nitrogens with two attached hydrogens (primary N) is 5. The summed E-state index contributed by atoms with van der Waals surface area (Å²) in [6, 6.07) is 13.1. The minimum atomic E-state index is -0.895. The second kappa shape index (κ2) is 33.7. The number of hydrazine groups is 1. The van der Waals surface area contributed by atoms with Crippen molar-refractivity contribution in [3.05, 3.63) is 48.5 Å². The number of nitrogens with zero attached hydrogens (tertiary/aromatic N) is 1. The Bertz CT molecular complexity index is 946. The molecule has 2 aromatic rings. The van der Waals surface area contributed by atoms with Gasteiger partial charge in [-0.05, 0) is 83.8 Å². The molecule has 0 radical (unpaired) electrons. The Kier molecular flexibility index (Phi) is 37.9. The fraction of sp³-hybridized carbons (Fsp3) is 0.407. The summed E-state index contributed by atoms with van der Waals surface area (Å²) in [7, 11) is 12.1. The van der Waals surface area contributed by atoms with Gasteiger partial charge in [0, 0.05) is 19.9 Å². The molecule has 12 N–H and O–H groups in total. The molecule has 1 aliphatic rings. The Morgan fingerprint density at radius 2 is 0.884 bits per heavy atom. The van der Waals surface area contributed by atoms with Crippen molar-refractivity contribution in [3.63, 3.8) is 0 Å². The number of hydrogen-bond acceptors (Lipinski definition) is 13. The Hall–Kier alpha value is -4.48. The molecular formula is C27H52N8O8. The Morgan fingerprint density at radius 1 is 0.605 bits per heavy atom. The van der Waals surface area contributed by atoms with Crippen LogP contribution in [0.15, 0.2) is 48.5 Å². The number of methoxy groups -OCH3 is 2. The van der Waals surface area contributed by atoms with E-state index in [1.165, 1.54) is 61.5 Å². The topological polar surface area (TPSA) is 263 Å². The highest BCUT2D eigenvalue weighted by atomic mass is 16.6. The maximum atomic E-state index is 11.5. The maximum Gasteiger partial charge on any atom is 0.432 e. The average Bonchev–Trinajstić information content (AvgIpc) is 3.38. The Balaban J connectivity index is -0.000000176. The van der Waals surface area contributed by atoms with Crippen molar-refractivity contribution in [3.8, 4) is 23.0 Å². The zero-order chi connectivity index (χ0) is 33.5. The normalized spacial score (nSPS) is 9.84. The molecule has 0 unspecified atom stereocenters. The Labute approximate surface area is 255 Å². The van der Waals surface area contributed by atoms with Crippen LogP contribution in [0.4, 0.5) is 9.59 Å². The van der Waals surface area contributed by atoms with E-state index in [4.69, 9.17) is 18.9 Å². The number of ether oxygens (including phenoxy) is 4. The molecule has 0 aliphatic carbocycles. The van der Waals surface area contributed by atoms with Gasteiger partial charge in [-0.1, -0.05) is 7.43 Å². The predicted molar refractivity (Wildman–Crippen MR) is 169 cm³/mol. The lowest BCUT2D eigenvalue weighted by atomic mass is 10.3. The lowest BCUT2D eigenvalue weighted by Gasteiger charge is -2.14. The van der Waals surface area contributed by atoms with Crippen LogP contribution in [0.2, 0.25) is 0 Å². The molecule has 248 valence electrons. The molecule has 0 spiro atoms. The zero-order valence-corrected chi connectivity index (χ0v) is 25.6. The number of carbonyl (C=O) groups is 4. The third kappa shape index (κ3) is 21.9. The monoisotopic (exact) mass is 616 g/mol. The van der Waals surface area contributed by atoms with Crippen molar-refractivity contribution in [2.45, 2.75) is 20.3 Å². The van der Waals surface area contributed by atoms with Crippen molar-refractivity contribution in [2.75, 3.05) is 56.5 Å². The molecule has 16 heteroatoms. The number of carbonyl (C=O) groups excluding carboxylic acids is 4. The third-order valence-electron chi connectivity index (χ3n) is 4.00. The van der Waals surface area contributed by atoms with E-state index < -0.39 is 24.0 Å². The highest BCUT2D eigenvalue weighted by Gasteiger charge is 2.31. The van der Waals surface area contributed by atoms with Gasteiger partial charge in [0.15, 0.2) is 0 Å². The second-order valence-corrected chi connectivity index (χ2v) is 6.11. The van der Waals surface area contributed by atoms with E-state index in [0.29, 0.717) is 16.5 Å². The van der Waals surface area contributed by atoms with E-state index >= 15 is 0 Å². The molecule has 1 saturated heterocycles. The van der Waals surface area contributed by atoms with Gasteiger partial charge in [-0.2, -0.15) is 5.01 Å². The smallest absolute Gasteiger partial charge is 0.432 e. The predicted octanol–water partition coefficient (Wildman–Crippen LogP) is 0.772. The van der Waals surface area contributed by atoms with Crippen LogP contribution < -0.4 is 58.4 Å². The zero-order valence-electron chi connectivity index (χ0n) is 25.6. The minimum Gasteiger partial charge on any atom is -0.497 e. The van der Waals surface area contributed by atoms with Gasteiger partial charge < -0.3 is 52.9 Å². The van der Waals surface area contributed by atoms with E-state index in [9.17, 15) is 19.2 Å². The highest BCUT2D eigenvalue weighted by molar-refractivity contribution is 6.02. The van der Waals surface area contributed by atoms with Crippen LogP contribution in [-0.2, 0) is 9.59 Å². The molecule has 2 aromatic carbocycles. The molecule has 1 aliphatic heterocycles. The minimum absolute atomic E-state index is 0. The van der Waals surface area contributed by atoms with Gasteiger partial charge in [-0.25, -0.2) is 15.0 Å².